The third kappa shape index (κ3) is 3.89. The lowest BCUT2D eigenvalue weighted by Crippen LogP contribution is -1.93. The number of hydrazone groups is 1. The summed E-state index contributed by atoms with van der Waals surface area (Å²) in [6.45, 7) is 0. The molecule has 0 aliphatic rings. The van der Waals surface area contributed by atoms with Gasteiger partial charge in [0.1, 0.15) is 0 Å². The SMILES string of the molecule is O=[N+]([O-])c1cccc(NN=Cc2cccc(Br)c2)c1. The average molecular weight is 320 g/mol. The Kier molecular flexibility index (Phi) is 4.25. The van der Waals surface area contributed by atoms with Gasteiger partial charge in [0.05, 0.1) is 16.8 Å². The smallest absolute Gasteiger partial charge is 0.271 e. The van der Waals surface area contributed by atoms with Crippen molar-refractivity contribution < 1.29 is 4.92 Å². The number of halogens is 1. The molecule has 0 unspecified atom stereocenters. The number of anilines is 1. The summed E-state index contributed by atoms with van der Waals surface area (Å²) in [6, 6.07) is 13.8. The van der Waals surface area contributed by atoms with Crippen LogP contribution in [0.3, 0.4) is 0 Å². The van der Waals surface area contributed by atoms with Crippen LogP contribution in [-0.4, -0.2) is 11.1 Å². The van der Waals surface area contributed by atoms with Crippen LogP contribution in [0.15, 0.2) is 58.1 Å². The zero-order valence-electron chi connectivity index (χ0n) is 9.79. The molecule has 0 aliphatic heterocycles. The van der Waals surface area contributed by atoms with E-state index in [0.29, 0.717) is 5.69 Å². The van der Waals surface area contributed by atoms with Gasteiger partial charge in [0, 0.05) is 16.6 Å². The van der Waals surface area contributed by atoms with E-state index >= 15 is 0 Å². The largest absolute Gasteiger partial charge is 0.278 e. The highest BCUT2D eigenvalue weighted by atomic mass is 79.9. The van der Waals surface area contributed by atoms with Gasteiger partial charge in [-0.25, -0.2) is 0 Å². The Morgan fingerprint density at radius 2 is 2.00 bits per heavy atom. The van der Waals surface area contributed by atoms with Gasteiger partial charge in [-0.2, -0.15) is 5.10 Å². The second-order valence-corrected chi connectivity index (χ2v) is 4.65. The van der Waals surface area contributed by atoms with E-state index in [4.69, 9.17) is 0 Å². The lowest BCUT2D eigenvalue weighted by Gasteiger charge is -1.99. The molecule has 0 radical (unpaired) electrons. The van der Waals surface area contributed by atoms with E-state index < -0.39 is 4.92 Å². The van der Waals surface area contributed by atoms with Crippen molar-refractivity contribution in [2.45, 2.75) is 0 Å². The molecular weight excluding hydrogens is 310 g/mol. The van der Waals surface area contributed by atoms with Crippen molar-refractivity contribution in [2.75, 3.05) is 5.43 Å². The zero-order valence-corrected chi connectivity index (χ0v) is 11.4. The molecule has 1 N–H and O–H groups in total. The number of nitrogens with one attached hydrogen (secondary N) is 1. The van der Waals surface area contributed by atoms with Crippen molar-refractivity contribution in [2.24, 2.45) is 5.10 Å². The minimum absolute atomic E-state index is 0.0302. The minimum Gasteiger partial charge on any atom is -0.278 e. The fraction of sp³-hybridized carbons (Fsp3) is 0. The number of hydrogen-bond donors (Lipinski definition) is 1. The van der Waals surface area contributed by atoms with Crippen LogP contribution in [0, 0.1) is 10.1 Å². The first-order chi connectivity index (χ1) is 9.15. The van der Waals surface area contributed by atoms with Gasteiger partial charge < -0.3 is 0 Å². The second-order valence-electron chi connectivity index (χ2n) is 3.73. The van der Waals surface area contributed by atoms with E-state index in [1.165, 1.54) is 12.1 Å². The summed E-state index contributed by atoms with van der Waals surface area (Å²) in [7, 11) is 0. The monoisotopic (exact) mass is 319 g/mol. The maximum atomic E-state index is 10.6. The summed E-state index contributed by atoms with van der Waals surface area (Å²) in [6.07, 6.45) is 1.64. The van der Waals surface area contributed by atoms with Gasteiger partial charge in [0.2, 0.25) is 0 Å². The fourth-order valence-electron chi connectivity index (χ4n) is 1.46. The Labute approximate surface area is 118 Å². The summed E-state index contributed by atoms with van der Waals surface area (Å²) < 4.78 is 0.965. The van der Waals surface area contributed by atoms with E-state index in [1.54, 1.807) is 18.3 Å². The Bertz CT molecular complexity index is 629. The molecular formula is C13H10BrN3O2. The van der Waals surface area contributed by atoms with Crippen molar-refractivity contribution >= 4 is 33.5 Å². The fourth-order valence-corrected chi connectivity index (χ4v) is 1.87. The molecule has 0 spiro atoms. The Morgan fingerprint density at radius 3 is 2.74 bits per heavy atom. The number of nitro groups is 1. The van der Waals surface area contributed by atoms with Crippen LogP contribution in [0.4, 0.5) is 11.4 Å². The highest BCUT2D eigenvalue weighted by Gasteiger charge is 2.04. The van der Waals surface area contributed by atoms with Gasteiger partial charge >= 0.3 is 0 Å². The highest BCUT2D eigenvalue weighted by molar-refractivity contribution is 9.10. The molecule has 19 heavy (non-hydrogen) atoms. The molecule has 0 amide bonds. The topological polar surface area (TPSA) is 67.5 Å². The molecule has 0 saturated heterocycles. The molecule has 0 aromatic heterocycles. The molecule has 5 nitrogen and oxygen atoms in total. The van der Waals surface area contributed by atoms with E-state index in [-0.39, 0.29) is 5.69 Å². The van der Waals surface area contributed by atoms with Crippen molar-refractivity contribution in [3.05, 3.63) is 68.7 Å². The summed E-state index contributed by atoms with van der Waals surface area (Å²) in [5.74, 6) is 0. The van der Waals surface area contributed by atoms with Crippen molar-refractivity contribution in [1.82, 2.24) is 0 Å². The number of nitro benzene ring substituents is 1. The van der Waals surface area contributed by atoms with Crippen LogP contribution >= 0.6 is 15.9 Å². The molecule has 0 aliphatic carbocycles. The van der Waals surface area contributed by atoms with Gasteiger partial charge in [0.15, 0.2) is 0 Å². The molecule has 0 fully saturated rings. The van der Waals surface area contributed by atoms with Crippen LogP contribution in [0.25, 0.3) is 0 Å². The summed E-state index contributed by atoms with van der Waals surface area (Å²) >= 11 is 3.37. The predicted molar refractivity (Wildman–Crippen MR) is 78.5 cm³/mol. The van der Waals surface area contributed by atoms with Crippen molar-refractivity contribution in [1.29, 1.82) is 0 Å². The van der Waals surface area contributed by atoms with E-state index in [0.717, 1.165) is 10.0 Å². The molecule has 2 aromatic carbocycles. The van der Waals surface area contributed by atoms with Crippen LogP contribution in [-0.2, 0) is 0 Å². The second kappa shape index (κ2) is 6.10. The van der Waals surface area contributed by atoms with Gasteiger partial charge in [0.25, 0.3) is 5.69 Å². The molecule has 2 rings (SSSR count). The average Bonchev–Trinajstić information content (AvgIpc) is 2.39. The zero-order chi connectivity index (χ0) is 13.7. The Balaban J connectivity index is 2.06. The quantitative estimate of drug-likeness (QED) is 0.529. The maximum Gasteiger partial charge on any atom is 0.271 e. The van der Waals surface area contributed by atoms with Gasteiger partial charge in [-0.3, -0.25) is 15.5 Å². The summed E-state index contributed by atoms with van der Waals surface area (Å²) in [5.41, 5.74) is 4.28. The number of non-ortho nitro benzene ring substituents is 1. The van der Waals surface area contributed by atoms with Gasteiger partial charge in [-0.05, 0) is 23.8 Å². The summed E-state index contributed by atoms with van der Waals surface area (Å²) in [4.78, 5) is 10.2. The lowest BCUT2D eigenvalue weighted by atomic mass is 10.2. The van der Waals surface area contributed by atoms with Gasteiger partial charge in [-0.15, -0.1) is 0 Å². The van der Waals surface area contributed by atoms with E-state index in [9.17, 15) is 10.1 Å². The first kappa shape index (κ1) is 13.2. The minimum atomic E-state index is -0.441. The number of benzene rings is 2. The maximum absolute atomic E-state index is 10.6. The van der Waals surface area contributed by atoms with E-state index in [2.05, 4.69) is 26.5 Å². The first-order valence-electron chi connectivity index (χ1n) is 5.44. The first-order valence-corrected chi connectivity index (χ1v) is 6.23. The molecule has 0 heterocycles. The summed E-state index contributed by atoms with van der Waals surface area (Å²) in [5, 5.41) is 14.7. The molecule has 96 valence electrons. The Hall–Kier alpha value is -2.21. The van der Waals surface area contributed by atoms with E-state index in [1.807, 2.05) is 24.3 Å². The Morgan fingerprint density at radius 1 is 1.21 bits per heavy atom. The molecule has 0 atom stereocenters. The van der Waals surface area contributed by atoms with Crippen LogP contribution < -0.4 is 5.43 Å². The third-order valence-corrected chi connectivity index (χ3v) is 2.81. The van der Waals surface area contributed by atoms with Crippen molar-refractivity contribution in [3.8, 4) is 0 Å². The van der Waals surface area contributed by atoms with Crippen molar-refractivity contribution in [3.63, 3.8) is 0 Å². The standard InChI is InChI=1S/C13H10BrN3O2/c14-11-4-1-3-10(7-11)9-15-16-12-5-2-6-13(8-12)17(18)19/h1-9,16H. The predicted octanol–water partition coefficient (Wildman–Crippen LogP) is 3.80. The normalized spacial score (nSPS) is 10.6. The molecule has 6 heteroatoms. The van der Waals surface area contributed by atoms with Gasteiger partial charge in [-0.1, -0.05) is 34.1 Å². The lowest BCUT2D eigenvalue weighted by molar-refractivity contribution is -0.384. The van der Waals surface area contributed by atoms with Crippen LogP contribution in [0.1, 0.15) is 5.56 Å². The van der Waals surface area contributed by atoms with Crippen LogP contribution in [0.2, 0.25) is 0 Å². The number of rotatable bonds is 4. The molecule has 0 bridgehead atoms. The number of hydrogen-bond acceptors (Lipinski definition) is 4. The molecule has 0 saturated carbocycles. The number of nitrogens with zero attached hydrogens (tertiary/aromatic N) is 2. The highest BCUT2D eigenvalue weighted by Crippen LogP contribution is 2.17. The third-order valence-electron chi connectivity index (χ3n) is 2.31. The van der Waals surface area contributed by atoms with Crippen LogP contribution in [0.5, 0.6) is 0 Å². The molecule has 2 aromatic rings.